The van der Waals surface area contributed by atoms with Crippen molar-refractivity contribution in [3.63, 3.8) is 0 Å². The summed E-state index contributed by atoms with van der Waals surface area (Å²) in [5, 5.41) is 68.6. The van der Waals surface area contributed by atoms with Crippen molar-refractivity contribution in [3.05, 3.63) is 0 Å². The summed E-state index contributed by atoms with van der Waals surface area (Å²) in [6.07, 6.45) is -12.9. The number of rotatable bonds is 6. The first-order valence-corrected chi connectivity index (χ1v) is 7.93. The molecule has 0 amide bonds. The van der Waals surface area contributed by atoms with Crippen LogP contribution in [0.4, 0.5) is 0 Å². The molecule has 2 aliphatic heterocycles. The number of esters is 1. The number of hydrogen-bond acceptors (Lipinski definition) is 12. The molecule has 152 valence electrons. The van der Waals surface area contributed by atoms with Crippen LogP contribution in [-0.2, 0) is 23.7 Å². The van der Waals surface area contributed by atoms with Crippen molar-refractivity contribution >= 4 is 5.97 Å². The van der Waals surface area contributed by atoms with E-state index in [-0.39, 0.29) is 0 Å². The molecule has 12 heteroatoms. The van der Waals surface area contributed by atoms with Gasteiger partial charge in [0.15, 0.2) is 6.29 Å². The van der Waals surface area contributed by atoms with Crippen LogP contribution < -0.4 is 0 Å². The minimum atomic E-state index is -2.26. The molecular weight excluding hydrogens is 360 g/mol. The van der Waals surface area contributed by atoms with Gasteiger partial charge in [0.05, 0.1) is 6.61 Å². The Morgan fingerprint density at radius 2 is 1.65 bits per heavy atom. The summed E-state index contributed by atoms with van der Waals surface area (Å²) < 4.78 is 20.4. The zero-order chi connectivity index (χ0) is 19.6. The Kier molecular flexibility index (Phi) is 6.90. The van der Waals surface area contributed by atoms with Crippen LogP contribution in [0.15, 0.2) is 0 Å². The summed E-state index contributed by atoms with van der Waals surface area (Å²) in [4.78, 5) is 10.9. The smallest absolute Gasteiger partial charge is 0.302 e. The van der Waals surface area contributed by atoms with Crippen LogP contribution in [0, 0.1) is 0 Å². The molecule has 12 nitrogen and oxygen atoms in total. The number of hydrogen-bond donors (Lipinski definition) is 7. The molecule has 2 saturated heterocycles. The van der Waals surface area contributed by atoms with Crippen LogP contribution in [0.25, 0.3) is 0 Å². The van der Waals surface area contributed by atoms with E-state index in [0.717, 1.165) is 6.92 Å². The van der Waals surface area contributed by atoms with Gasteiger partial charge < -0.3 is 54.7 Å². The van der Waals surface area contributed by atoms with E-state index in [1.807, 2.05) is 0 Å². The SMILES string of the molecule is CC(=O)OC[C@H]1O[C@H](O[C@]2(CO)O[C@H](CO)[C@@H](O)[C@@H]2O)[C@H](O)[C@@H](O)[C@H]1O. The van der Waals surface area contributed by atoms with E-state index in [0.29, 0.717) is 0 Å². The number of carbonyl (C=O) groups is 1. The highest BCUT2D eigenvalue weighted by Gasteiger charge is 2.58. The fraction of sp³-hybridized carbons (Fsp3) is 0.929. The molecule has 0 unspecified atom stereocenters. The summed E-state index contributed by atoms with van der Waals surface area (Å²) in [5.74, 6) is -2.93. The Balaban J connectivity index is 2.16. The van der Waals surface area contributed by atoms with Gasteiger partial charge in [-0.15, -0.1) is 0 Å². The Bertz CT molecular complexity index is 489. The Hall–Kier alpha value is -0.930. The van der Waals surface area contributed by atoms with Crippen LogP contribution >= 0.6 is 0 Å². The lowest BCUT2D eigenvalue weighted by Crippen LogP contribution is -2.62. The molecule has 0 aromatic rings. The largest absolute Gasteiger partial charge is 0.463 e. The van der Waals surface area contributed by atoms with E-state index in [4.69, 9.17) is 24.1 Å². The zero-order valence-electron chi connectivity index (χ0n) is 13.9. The van der Waals surface area contributed by atoms with Crippen LogP contribution in [0.5, 0.6) is 0 Å². The Morgan fingerprint density at radius 1 is 1.00 bits per heavy atom. The van der Waals surface area contributed by atoms with Gasteiger partial charge in [-0.1, -0.05) is 0 Å². The number of ether oxygens (including phenoxy) is 4. The molecule has 0 radical (unpaired) electrons. The first-order chi connectivity index (χ1) is 12.2. The third-order valence-electron chi connectivity index (χ3n) is 4.34. The molecule has 2 aliphatic rings. The van der Waals surface area contributed by atoms with Crippen molar-refractivity contribution in [1.29, 1.82) is 0 Å². The fourth-order valence-corrected chi connectivity index (χ4v) is 2.82. The van der Waals surface area contributed by atoms with Crippen molar-refractivity contribution in [2.75, 3.05) is 19.8 Å². The van der Waals surface area contributed by atoms with Gasteiger partial charge in [0.1, 0.15) is 55.9 Å². The molecule has 0 bridgehead atoms. The summed E-state index contributed by atoms with van der Waals surface area (Å²) >= 11 is 0. The highest BCUT2D eigenvalue weighted by atomic mass is 16.8. The van der Waals surface area contributed by atoms with Crippen LogP contribution in [0.3, 0.4) is 0 Å². The van der Waals surface area contributed by atoms with Gasteiger partial charge in [0.2, 0.25) is 5.79 Å². The van der Waals surface area contributed by atoms with Gasteiger partial charge >= 0.3 is 5.97 Å². The van der Waals surface area contributed by atoms with Crippen molar-refractivity contribution in [1.82, 2.24) is 0 Å². The first-order valence-electron chi connectivity index (χ1n) is 7.93. The topological polar surface area (TPSA) is 196 Å². The second kappa shape index (κ2) is 8.39. The van der Waals surface area contributed by atoms with Crippen LogP contribution in [0.1, 0.15) is 6.92 Å². The number of aliphatic hydroxyl groups excluding tert-OH is 7. The molecule has 2 fully saturated rings. The highest BCUT2D eigenvalue weighted by molar-refractivity contribution is 5.65. The molecule has 2 rings (SSSR count). The van der Waals surface area contributed by atoms with E-state index >= 15 is 0 Å². The minimum Gasteiger partial charge on any atom is -0.463 e. The molecule has 0 aromatic carbocycles. The third kappa shape index (κ3) is 3.99. The van der Waals surface area contributed by atoms with Crippen molar-refractivity contribution in [3.8, 4) is 0 Å². The average Bonchev–Trinajstić information content (AvgIpc) is 2.86. The maximum absolute atomic E-state index is 10.9. The standard InChI is InChI=1S/C14H24O12/c1-5(17)23-3-7-8(18)10(20)11(21)13(24-7)26-14(4-16)12(22)9(19)6(2-15)25-14/h6-13,15-16,18-22H,2-4H2,1H3/t6-,7-,8+,9-,10+,11-,12+,13-,14+/m1/s1. The predicted molar refractivity (Wildman–Crippen MR) is 78.2 cm³/mol. The molecule has 0 aliphatic carbocycles. The molecule has 7 N–H and O–H groups in total. The maximum Gasteiger partial charge on any atom is 0.302 e. The van der Waals surface area contributed by atoms with Gasteiger partial charge in [-0.2, -0.15) is 0 Å². The molecule has 0 spiro atoms. The van der Waals surface area contributed by atoms with Crippen molar-refractivity contribution in [2.45, 2.75) is 61.7 Å². The van der Waals surface area contributed by atoms with E-state index in [1.165, 1.54) is 0 Å². The van der Waals surface area contributed by atoms with Crippen molar-refractivity contribution < 1.29 is 59.5 Å². The third-order valence-corrected chi connectivity index (χ3v) is 4.34. The molecule has 26 heavy (non-hydrogen) atoms. The number of aliphatic hydroxyl groups is 7. The lowest BCUT2D eigenvalue weighted by atomic mass is 9.99. The average molecular weight is 384 g/mol. The lowest BCUT2D eigenvalue weighted by Gasteiger charge is -2.43. The first kappa shape index (κ1) is 21.4. The van der Waals surface area contributed by atoms with E-state index in [1.54, 1.807) is 0 Å². The van der Waals surface area contributed by atoms with E-state index in [2.05, 4.69) is 0 Å². The highest BCUT2D eigenvalue weighted by Crippen LogP contribution is 2.35. The Labute approximate surface area is 148 Å². The lowest BCUT2D eigenvalue weighted by molar-refractivity contribution is -0.383. The van der Waals surface area contributed by atoms with Crippen LogP contribution in [-0.4, -0.2) is 116 Å². The minimum absolute atomic E-state index is 0.461. The molecule has 0 aromatic heterocycles. The van der Waals surface area contributed by atoms with E-state index in [9.17, 15) is 35.4 Å². The molecule has 2 heterocycles. The quantitative estimate of drug-likeness (QED) is 0.216. The van der Waals surface area contributed by atoms with Crippen molar-refractivity contribution in [2.24, 2.45) is 0 Å². The zero-order valence-corrected chi connectivity index (χ0v) is 13.9. The second-order valence-electron chi connectivity index (χ2n) is 6.18. The monoisotopic (exact) mass is 384 g/mol. The second-order valence-corrected chi connectivity index (χ2v) is 6.18. The van der Waals surface area contributed by atoms with Gasteiger partial charge in [0.25, 0.3) is 0 Å². The molecular formula is C14H24O12. The van der Waals surface area contributed by atoms with Gasteiger partial charge in [-0.25, -0.2) is 0 Å². The fourth-order valence-electron chi connectivity index (χ4n) is 2.82. The van der Waals surface area contributed by atoms with E-state index < -0.39 is 80.6 Å². The number of carbonyl (C=O) groups excluding carboxylic acids is 1. The van der Waals surface area contributed by atoms with Gasteiger partial charge in [-0.05, 0) is 0 Å². The van der Waals surface area contributed by atoms with Gasteiger partial charge in [0, 0.05) is 6.92 Å². The summed E-state index contributed by atoms with van der Waals surface area (Å²) in [6.45, 7) is -1.01. The van der Waals surface area contributed by atoms with Gasteiger partial charge in [-0.3, -0.25) is 4.79 Å². The normalized spacial score (nSPS) is 46.3. The maximum atomic E-state index is 10.9. The summed E-state index contributed by atoms with van der Waals surface area (Å²) in [5.41, 5.74) is 0. The molecule has 9 atom stereocenters. The predicted octanol–water partition coefficient (Wildman–Crippen LogP) is -4.82. The van der Waals surface area contributed by atoms with Crippen LogP contribution in [0.2, 0.25) is 0 Å². The summed E-state index contributed by atoms with van der Waals surface area (Å²) in [7, 11) is 0. The Morgan fingerprint density at radius 3 is 2.15 bits per heavy atom. The summed E-state index contributed by atoms with van der Waals surface area (Å²) in [6, 6.07) is 0. The molecule has 0 saturated carbocycles.